The van der Waals surface area contributed by atoms with E-state index >= 15 is 0 Å². The molecule has 1 N–H and O–H groups in total. The molecule has 1 aromatic heterocycles. The number of nitrogens with one attached hydrogen (secondary N) is 1. The quantitative estimate of drug-likeness (QED) is 0.842. The summed E-state index contributed by atoms with van der Waals surface area (Å²) in [7, 11) is 0. The molecule has 0 spiro atoms. The highest BCUT2D eigenvalue weighted by molar-refractivity contribution is 5.22. The number of hydrogen-bond donors (Lipinski definition) is 1. The molecule has 1 heterocycles. The van der Waals surface area contributed by atoms with Crippen molar-refractivity contribution < 1.29 is 0 Å². The van der Waals surface area contributed by atoms with Crippen LogP contribution in [0.4, 0.5) is 0 Å². The van der Waals surface area contributed by atoms with Crippen LogP contribution in [0.3, 0.4) is 0 Å². The van der Waals surface area contributed by atoms with E-state index < -0.39 is 0 Å². The van der Waals surface area contributed by atoms with Crippen molar-refractivity contribution >= 4 is 0 Å². The van der Waals surface area contributed by atoms with Gasteiger partial charge in [0.1, 0.15) is 0 Å². The van der Waals surface area contributed by atoms with Crippen molar-refractivity contribution in [2.45, 2.75) is 58.7 Å². The topological polar surface area (TPSA) is 53.6 Å². The lowest BCUT2D eigenvalue weighted by atomic mass is 10.2. The Morgan fingerprint density at radius 2 is 2.18 bits per heavy atom. The molecule has 4 heteroatoms. The normalized spacial score (nSPS) is 16.8. The Bertz CT molecular complexity index is 437. The summed E-state index contributed by atoms with van der Waals surface area (Å²) >= 11 is 0. The van der Waals surface area contributed by atoms with E-state index in [2.05, 4.69) is 30.3 Å². The summed E-state index contributed by atoms with van der Waals surface area (Å²) < 4.78 is 2.02. The zero-order valence-corrected chi connectivity index (χ0v) is 10.8. The zero-order chi connectivity index (χ0) is 12.4. The molecule has 0 aliphatic heterocycles. The van der Waals surface area contributed by atoms with Gasteiger partial charge in [0.05, 0.1) is 17.8 Å². The monoisotopic (exact) mass is 232 g/mol. The third-order valence-electron chi connectivity index (χ3n) is 3.54. The summed E-state index contributed by atoms with van der Waals surface area (Å²) in [5.41, 5.74) is 3.56. The van der Waals surface area contributed by atoms with Gasteiger partial charge in [-0.15, -0.1) is 0 Å². The maximum absolute atomic E-state index is 9.07. The molecule has 1 fully saturated rings. The van der Waals surface area contributed by atoms with Crippen molar-refractivity contribution in [1.29, 1.82) is 5.26 Å². The largest absolute Gasteiger partial charge is 0.299 e. The van der Waals surface area contributed by atoms with Crippen LogP contribution in [0.25, 0.3) is 0 Å². The molecule has 1 atom stereocenters. The Balaban J connectivity index is 1.91. The maximum atomic E-state index is 9.07. The molecule has 17 heavy (non-hydrogen) atoms. The lowest BCUT2D eigenvalue weighted by Crippen LogP contribution is -2.30. The average molecular weight is 232 g/mol. The maximum Gasteiger partial charge on any atom is 0.0972 e. The van der Waals surface area contributed by atoms with Gasteiger partial charge in [-0.25, -0.2) is 0 Å². The molecule has 4 nitrogen and oxygen atoms in total. The standard InChI is InChI=1S/C13H20N4/c1-9-10(2)16-17(11(9)3)7-6-13(8-14)15-12-4-5-12/h12-13,15H,4-7H2,1-3H3. The van der Waals surface area contributed by atoms with Crippen molar-refractivity contribution in [3.05, 3.63) is 17.0 Å². The fraction of sp³-hybridized carbons (Fsp3) is 0.692. The number of hydrogen-bond acceptors (Lipinski definition) is 3. The van der Waals surface area contributed by atoms with Crippen LogP contribution >= 0.6 is 0 Å². The molecule has 1 aromatic rings. The molecule has 0 saturated heterocycles. The van der Waals surface area contributed by atoms with E-state index in [1.807, 2.05) is 11.6 Å². The third-order valence-corrected chi connectivity index (χ3v) is 3.54. The van der Waals surface area contributed by atoms with Crippen LogP contribution in [0.1, 0.15) is 36.2 Å². The highest BCUT2D eigenvalue weighted by Crippen LogP contribution is 2.20. The van der Waals surface area contributed by atoms with Gasteiger partial charge < -0.3 is 0 Å². The third kappa shape index (κ3) is 2.86. The molecule has 0 radical (unpaired) electrons. The first-order valence-electron chi connectivity index (χ1n) is 6.28. The number of nitriles is 1. The second kappa shape index (κ2) is 4.89. The van der Waals surface area contributed by atoms with Crippen LogP contribution < -0.4 is 5.32 Å². The van der Waals surface area contributed by atoms with Crippen LogP contribution in [0.2, 0.25) is 0 Å². The molecule has 1 saturated carbocycles. The highest BCUT2D eigenvalue weighted by Gasteiger charge is 2.24. The Hall–Kier alpha value is -1.34. The fourth-order valence-electron chi connectivity index (χ4n) is 1.98. The van der Waals surface area contributed by atoms with Gasteiger partial charge in [-0.1, -0.05) is 0 Å². The van der Waals surface area contributed by atoms with Gasteiger partial charge in [0.15, 0.2) is 0 Å². The Morgan fingerprint density at radius 3 is 2.65 bits per heavy atom. The molecule has 1 aliphatic rings. The van der Waals surface area contributed by atoms with Gasteiger partial charge in [-0.3, -0.25) is 10.00 Å². The summed E-state index contributed by atoms with van der Waals surface area (Å²) in [6.45, 7) is 7.03. The minimum absolute atomic E-state index is 0.0355. The van der Waals surface area contributed by atoms with E-state index in [9.17, 15) is 0 Å². The second-order valence-corrected chi connectivity index (χ2v) is 4.93. The molecule has 0 bridgehead atoms. The number of aromatic nitrogens is 2. The number of aryl methyl sites for hydroxylation is 2. The number of rotatable bonds is 5. The van der Waals surface area contributed by atoms with Gasteiger partial charge in [0.25, 0.3) is 0 Å². The van der Waals surface area contributed by atoms with Crippen molar-refractivity contribution in [2.24, 2.45) is 0 Å². The van der Waals surface area contributed by atoms with Crippen LogP contribution in [0.5, 0.6) is 0 Å². The SMILES string of the molecule is Cc1nn(CCC(C#N)NC2CC2)c(C)c1C. The van der Waals surface area contributed by atoms with Crippen LogP contribution in [0, 0.1) is 32.1 Å². The van der Waals surface area contributed by atoms with E-state index in [4.69, 9.17) is 5.26 Å². The first-order valence-corrected chi connectivity index (χ1v) is 6.28. The van der Waals surface area contributed by atoms with Crippen LogP contribution in [-0.2, 0) is 6.54 Å². The second-order valence-electron chi connectivity index (χ2n) is 4.93. The fourth-order valence-corrected chi connectivity index (χ4v) is 1.98. The van der Waals surface area contributed by atoms with Crippen LogP contribution in [0.15, 0.2) is 0 Å². The van der Waals surface area contributed by atoms with Gasteiger partial charge in [0, 0.05) is 18.3 Å². The highest BCUT2D eigenvalue weighted by atomic mass is 15.3. The van der Waals surface area contributed by atoms with Crippen molar-refractivity contribution in [2.75, 3.05) is 0 Å². The number of nitrogens with zero attached hydrogens (tertiary/aromatic N) is 3. The Kier molecular flexibility index (Phi) is 3.49. The minimum atomic E-state index is -0.0355. The average Bonchev–Trinajstić information content (AvgIpc) is 3.10. The van der Waals surface area contributed by atoms with E-state index in [1.165, 1.54) is 24.1 Å². The predicted octanol–water partition coefficient (Wildman–Crippen LogP) is 1.84. The molecular weight excluding hydrogens is 212 g/mol. The van der Waals surface area contributed by atoms with Crippen molar-refractivity contribution in [3.63, 3.8) is 0 Å². The Morgan fingerprint density at radius 1 is 1.47 bits per heavy atom. The summed E-state index contributed by atoms with van der Waals surface area (Å²) in [4.78, 5) is 0. The lowest BCUT2D eigenvalue weighted by Gasteiger charge is -2.11. The van der Waals surface area contributed by atoms with Crippen LogP contribution in [-0.4, -0.2) is 21.9 Å². The lowest BCUT2D eigenvalue weighted by molar-refractivity contribution is 0.484. The molecule has 92 valence electrons. The van der Waals surface area contributed by atoms with E-state index in [-0.39, 0.29) is 6.04 Å². The van der Waals surface area contributed by atoms with E-state index in [1.54, 1.807) is 0 Å². The predicted molar refractivity (Wildman–Crippen MR) is 66.6 cm³/mol. The van der Waals surface area contributed by atoms with Gasteiger partial charge in [0.2, 0.25) is 0 Å². The molecule has 1 unspecified atom stereocenters. The summed E-state index contributed by atoms with van der Waals surface area (Å²) in [6.07, 6.45) is 3.27. The summed E-state index contributed by atoms with van der Waals surface area (Å²) in [5, 5.41) is 16.9. The molecular formula is C13H20N4. The van der Waals surface area contributed by atoms with E-state index in [0.717, 1.165) is 18.7 Å². The molecule has 2 rings (SSSR count). The zero-order valence-electron chi connectivity index (χ0n) is 10.8. The van der Waals surface area contributed by atoms with Gasteiger partial charge in [-0.2, -0.15) is 10.4 Å². The first kappa shape index (κ1) is 12.1. The minimum Gasteiger partial charge on any atom is -0.299 e. The Labute approximate surface area is 103 Å². The summed E-state index contributed by atoms with van der Waals surface area (Å²) in [5.74, 6) is 0. The molecule has 1 aliphatic carbocycles. The van der Waals surface area contributed by atoms with Crippen molar-refractivity contribution in [3.8, 4) is 6.07 Å². The van der Waals surface area contributed by atoms with Gasteiger partial charge >= 0.3 is 0 Å². The van der Waals surface area contributed by atoms with Crippen molar-refractivity contribution in [1.82, 2.24) is 15.1 Å². The first-order chi connectivity index (χ1) is 8.11. The summed E-state index contributed by atoms with van der Waals surface area (Å²) in [6, 6.07) is 2.88. The molecule has 0 amide bonds. The van der Waals surface area contributed by atoms with E-state index in [0.29, 0.717) is 6.04 Å². The molecule has 0 aromatic carbocycles. The van der Waals surface area contributed by atoms with Gasteiger partial charge in [-0.05, 0) is 45.6 Å². The smallest absolute Gasteiger partial charge is 0.0972 e.